The van der Waals surface area contributed by atoms with Gasteiger partial charge in [0.05, 0.1) is 0 Å². The summed E-state index contributed by atoms with van der Waals surface area (Å²) in [6.45, 7) is 5.21. The third-order valence-electron chi connectivity index (χ3n) is 2.09. The van der Waals surface area contributed by atoms with Gasteiger partial charge in [0.25, 0.3) is 0 Å². The van der Waals surface area contributed by atoms with Gasteiger partial charge in [-0.1, -0.05) is 13.8 Å². The van der Waals surface area contributed by atoms with Crippen molar-refractivity contribution in [1.82, 2.24) is 9.97 Å². The van der Waals surface area contributed by atoms with Crippen molar-refractivity contribution in [3.63, 3.8) is 0 Å². The molecule has 0 saturated heterocycles. The van der Waals surface area contributed by atoms with Crippen molar-refractivity contribution in [3.05, 3.63) is 11.9 Å². The van der Waals surface area contributed by atoms with E-state index in [0.29, 0.717) is 18.2 Å². The van der Waals surface area contributed by atoms with Crippen molar-refractivity contribution in [2.75, 3.05) is 23.7 Å². The fourth-order valence-electron chi connectivity index (χ4n) is 1.28. The fourth-order valence-corrected chi connectivity index (χ4v) is 1.28. The van der Waals surface area contributed by atoms with E-state index in [1.165, 1.54) is 6.07 Å². The van der Waals surface area contributed by atoms with E-state index in [9.17, 15) is 13.2 Å². The lowest BCUT2D eigenvalue weighted by atomic mass is 10.2. The molecule has 1 aromatic rings. The second-order valence-electron chi connectivity index (χ2n) is 4.15. The maximum Gasteiger partial charge on any atom is 0.405 e. The number of halogens is 3. The Morgan fingerprint density at radius 2 is 1.72 bits per heavy atom. The van der Waals surface area contributed by atoms with Crippen LogP contribution in [0.4, 0.5) is 24.8 Å². The lowest BCUT2D eigenvalue weighted by Gasteiger charge is -2.13. The van der Waals surface area contributed by atoms with Crippen LogP contribution in [0.5, 0.6) is 0 Å². The van der Waals surface area contributed by atoms with Gasteiger partial charge < -0.3 is 10.6 Å². The molecule has 4 nitrogen and oxygen atoms in total. The average Bonchev–Trinajstić information content (AvgIpc) is 2.25. The maximum absolute atomic E-state index is 12.1. The minimum Gasteiger partial charge on any atom is -0.370 e. The summed E-state index contributed by atoms with van der Waals surface area (Å²) >= 11 is 0. The van der Waals surface area contributed by atoms with Crippen LogP contribution in [-0.2, 0) is 0 Å². The van der Waals surface area contributed by atoms with Gasteiger partial charge in [0.15, 0.2) is 0 Å². The van der Waals surface area contributed by atoms with Crippen LogP contribution in [0.25, 0.3) is 0 Å². The average molecular weight is 262 g/mol. The molecule has 0 fully saturated rings. The fraction of sp³-hybridized carbons (Fsp3) is 0.636. The Hall–Kier alpha value is -1.53. The minimum atomic E-state index is -4.26. The highest BCUT2D eigenvalue weighted by Crippen LogP contribution is 2.19. The first-order valence-corrected chi connectivity index (χ1v) is 5.75. The zero-order valence-electron chi connectivity index (χ0n) is 10.6. The Morgan fingerprint density at radius 3 is 2.17 bits per heavy atom. The van der Waals surface area contributed by atoms with Crippen molar-refractivity contribution in [3.8, 4) is 0 Å². The standard InChI is InChI=1S/C11H17F3N4/c1-4-15-8-5-9(16-6-11(12,13)14)18-10(17-8)7(2)3/h5,7H,4,6H2,1-3H3,(H2,15,16,17,18). The predicted octanol–water partition coefficient (Wildman–Crippen LogP) is 3.01. The first kappa shape index (κ1) is 14.5. The van der Waals surface area contributed by atoms with Crippen LogP contribution in [0.2, 0.25) is 0 Å². The number of anilines is 2. The normalized spacial score (nSPS) is 11.7. The summed E-state index contributed by atoms with van der Waals surface area (Å²) in [6.07, 6.45) is -4.26. The number of hydrogen-bond acceptors (Lipinski definition) is 4. The van der Waals surface area contributed by atoms with Gasteiger partial charge in [-0.15, -0.1) is 0 Å². The summed E-state index contributed by atoms with van der Waals surface area (Å²) in [7, 11) is 0. The number of rotatable bonds is 5. The molecule has 0 amide bonds. The molecule has 0 spiro atoms. The van der Waals surface area contributed by atoms with Gasteiger partial charge in [-0.25, -0.2) is 9.97 Å². The predicted molar refractivity (Wildman–Crippen MR) is 64.8 cm³/mol. The van der Waals surface area contributed by atoms with Crippen LogP contribution in [0.1, 0.15) is 32.5 Å². The Balaban J connectivity index is 2.89. The Bertz CT molecular complexity index is 390. The van der Waals surface area contributed by atoms with Gasteiger partial charge in [0.1, 0.15) is 24.0 Å². The van der Waals surface area contributed by atoms with Gasteiger partial charge in [0.2, 0.25) is 0 Å². The van der Waals surface area contributed by atoms with Crippen LogP contribution in [-0.4, -0.2) is 29.2 Å². The summed E-state index contributed by atoms with van der Waals surface area (Å²) in [6, 6.07) is 1.47. The number of aromatic nitrogens is 2. The van der Waals surface area contributed by atoms with E-state index in [1.807, 2.05) is 20.8 Å². The summed E-state index contributed by atoms with van der Waals surface area (Å²) < 4.78 is 36.4. The lowest BCUT2D eigenvalue weighted by molar-refractivity contribution is -0.115. The molecule has 1 heterocycles. The Labute approximate surface area is 104 Å². The van der Waals surface area contributed by atoms with Crippen molar-refractivity contribution >= 4 is 11.6 Å². The summed E-state index contributed by atoms with van der Waals surface area (Å²) in [5, 5.41) is 5.23. The first-order chi connectivity index (χ1) is 8.31. The van der Waals surface area contributed by atoms with Crippen molar-refractivity contribution in [2.24, 2.45) is 0 Å². The van der Waals surface area contributed by atoms with Gasteiger partial charge >= 0.3 is 6.18 Å². The Kier molecular flexibility index (Phi) is 4.75. The molecule has 0 aliphatic rings. The summed E-state index contributed by atoms with van der Waals surface area (Å²) in [5.41, 5.74) is 0. The molecule has 1 rings (SSSR count). The topological polar surface area (TPSA) is 49.8 Å². The zero-order valence-corrected chi connectivity index (χ0v) is 10.6. The van der Waals surface area contributed by atoms with Crippen LogP contribution >= 0.6 is 0 Å². The summed E-state index contributed by atoms with van der Waals surface area (Å²) in [5.74, 6) is 1.27. The molecule has 0 atom stereocenters. The number of nitrogens with zero attached hydrogens (tertiary/aromatic N) is 2. The third-order valence-corrected chi connectivity index (χ3v) is 2.09. The van der Waals surface area contributed by atoms with Crippen molar-refractivity contribution < 1.29 is 13.2 Å². The number of alkyl halides is 3. The molecule has 2 N–H and O–H groups in total. The molecule has 0 aromatic carbocycles. The third kappa shape index (κ3) is 4.77. The van der Waals surface area contributed by atoms with E-state index in [-0.39, 0.29) is 11.7 Å². The maximum atomic E-state index is 12.1. The molecule has 0 bridgehead atoms. The number of hydrogen-bond donors (Lipinski definition) is 2. The van der Waals surface area contributed by atoms with Crippen molar-refractivity contribution in [1.29, 1.82) is 0 Å². The molecular weight excluding hydrogens is 245 g/mol. The van der Waals surface area contributed by atoms with E-state index in [0.717, 1.165) is 0 Å². The highest BCUT2D eigenvalue weighted by Gasteiger charge is 2.27. The van der Waals surface area contributed by atoms with Gasteiger partial charge in [-0.05, 0) is 6.92 Å². The monoisotopic (exact) mass is 262 g/mol. The molecule has 0 radical (unpaired) electrons. The quantitative estimate of drug-likeness (QED) is 0.856. The van der Waals surface area contributed by atoms with Crippen LogP contribution < -0.4 is 10.6 Å². The Morgan fingerprint density at radius 1 is 1.17 bits per heavy atom. The lowest BCUT2D eigenvalue weighted by Crippen LogP contribution is -2.22. The molecule has 0 aliphatic carbocycles. The largest absolute Gasteiger partial charge is 0.405 e. The van der Waals surface area contributed by atoms with E-state index >= 15 is 0 Å². The van der Waals surface area contributed by atoms with Gasteiger partial charge in [-0.3, -0.25) is 0 Å². The smallest absolute Gasteiger partial charge is 0.370 e. The summed E-state index contributed by atoms with van der Waals surface area (Å²) in [4.78, 5) is 8.28. The van der Waals surface area contributed by atoms with Crippen molar-refractivity contribution in [2.45, 2.75) is 32.9 Å². The van der Waals surface area contributed by atoms with E-state index in [1.54, 1.807) is 0 Å². The molecule has 0 saturated carbocycles. The molecule has 0 unspecified atom stereocenters. The highest BCUT2D eigenvalue weighted by molar-refractivity contribution is 5.47. The van der Waals surface area contributed by atoms with Crippen LogP contribution in [0.3, 0.4) is 0 Å². The second-order valence-corrected chi connectivity index (χ2v) is 4.15. The van der Waals surface area contributed by atoms with Gasteiger partial charge in [-0.2, -0.15) is 13.2 Å². The van der Waals surface area contributed by atoms with E-state index < -0.39 is 12.7 Å². The molecule has 7 heteroatoms. The van der Waals surface area contributed by atoms with Crippen LogP contribution in [0, 0.1) is 0 Å². The minimum absolute atomic E-state index is 0.0510. The molecular formula is C11H17F3N4. The van der Waals surface area contributed by atoms with Crippen LogP contribution in [0.15, 0.2) is 6.07 Å². The highest BCUT2D eigenvalue weighted by atomic mass is 19.4. The number of nitrogens with one attached hydrogen (secondary N) is 2. The molecule has 18 heavy (non-hydrogen) atoms. The van der Waals surface area contributed by atoms with E-state index in [2.05, 4.69) is 20.6 Å². The second kappa shape index (κ2) is 5.88. The van der Waals surface area contributed by atoms with E-state index in [4.69, 9.17) is 0 Å². The zero-order chi connectivity index (χ0) is 13.8. The SMILES string of the molecule is CCNc1cc(NCC(F)(F)F)nc(C(C)C)n1. The van der Waals surface area contributed by atoms with Gasteiger partial charge in [0, 0.05) is 18.5 Å². The molecule has 102 valence electrons. The molecule has 1 aromatic heterocycles. The first-order valence-electron chi connectivity index (χ1n) is 5.75. The molecule has 0 aliphatic heterocycles.